The molecule has 1 aliphatic rings. The normalized spacial score (nSPS) is 17.2. The molecule has 0 aliphatic carbocycles. The second-order valence-electron chi connectivity index (χ2n) is 8.02. The van der Waals surface area contributed by atoms with Crippen molar-refractivity contribution in [1.82, 2.24) is 9.46 Å². The van der Waals surface area contributed by atoms with Gasteiger partial charge in [0.15, 0.2) is 10.7 Å². The summed E-state index contributed by atoms with van der Waals surface area (Å²) in [7, 11) is -4.05. The van der Waals surface area contributed by atoms with Crippen LogP contribution in [0.15, 0.2) is 57.9 Å². The third-order valence-electron chi connectivity index (χ3n) is 5.60. The van der Waals surface area contributed by atoms with Gasteiger partial charge in [-0.3, -0.25) is 4.79 Å². The number of amides is 1. The zero-order valence-electron chi connectivity index (χ0n) is 18.4. The maximum absolute atomic E-state index is 13.9. The zero-order valence-corrected chi connectivity index (χ0v) is 19.2. The Morgan fingerprint density at radius 2 is 1.97 bits per heavy atom. The second-order valence-corrected chi connectivity index (χ2v) is 9.89. The van der Waals surface area contributed by atoms with E-state index in [1.165, 1.54) is 47.6 Å². The fourth-order valence-electron chi connectivity index (χ4n) is 3.89. The monoisotopic (exact) mass is 487 g/mol. The lowest BCUT2D eigenvalue weighted by molar-refractivity contribution is -0.120. The number of nitrogens with one attached hydrogen (secondary N) is 1. The fourth-order valence-corrected chi connectivity index (χ4v) is 5.66. The van der Waals surface area contributed by atoms with Crippen LogP contribution in [0.5, 0.6) is 0 Å². The highest BCUT2D eigenvalue weighted by atomic mass is 32.2. The van der Waals surface area contributed by atoms with Crippen molar-refractivity contribution in [1.29, 1.82) is 0 Å². The molecule has 1 amide bonds. The molecular formula is C24H23F2N3O4S. The molecule has 0 saturated carbocycles. The number of benzene rings is 2. The van der Waals surface area contributed by atoms with Gasteiger partial charge < -0.3 is 9.84 Å². The van der Waals surface area contributed by atoms with Gasteiger partial charge in [0, 0.05) is 24.3 Å². The number of aryl methyl sites for hydroxylation is 1. The van der Waals surface area contributed by atoms with Crippen molar-refractivity contribution < 1.29 is 26.5 Å². The molecule has 2 heterocycles. The molecule has 0 radical (unpaired) electrons. The molecule has 1 atom stereocenters. The van der Waals surface area contributed by atoms with E-state index in [0.29, 0.717) is 18.5 Å². The zero-order chi connectivity index (χ0) is 24.3. The predicted molar refractivity (Wildman–Crippen MR) is 123 cm³/mol. The van der Waals surface area contributed by atoms with Gasteiger partial charge in [0.25, 0.3) is 0 Å². The van der Waals surface area contributed by atoms with E-state index in [0.717, 1.165) is 0 Å². The molecule has 1 aromatic heterocycles. The first kappa shape index (κ1) is 23.8. The lowest BCUT2D eigenvalue weighted by atomic mass is 9.99. The number of rotatable bonds is 6. The number of carbonyl (C=O) groups is 1. The first-order valence-corrected chi connectivity index (χ1v) is 12.1. The number of anilines is 1. The van der Waals surface area contributed by atoms with Gasteiger partial charge in [-0.15, -0.1) is 0 Å². The molecule has 1 saturated heterocycles. The Morgan fingerprint density at radius 1 is 1.18 bits per heavy atom. The Bertz CT molecular complexity index is 1340. The summed E-state index contributed by atoms with van der Waals surface area (Å²) >= 11 is 0. The topological polar surface area (TPSA) is 92.5 Å². The van der Waals surface area contributed by atoms with E-state index in [4.69, 9.17) is 4.52 Å². The predicted octanol–water partition coefficient (Wildman–Crippen LogP) is 4.47. The van der Waals surface area contributed by atoms with Crippen LogP contribution in [0.4, 0.5) is 14.5 Å². The van der Waals surface area contributed by atoms with E-state index in [-0.39, 0.29) is 40.9 Å². The molecule has 4 rings (SSSR count). The van der Waals surface area contributed by atoms with Crippen LogP contribution in [0.1, 0.15) is 29.9 Å². The molecule has 1 N–H and O–H groups in total. The molecule has 34 heavy (non-hydrogen) atoms. The SMILES string of the molecule is Cc1noc(/C=C/c2ccccc2F)c1S(=O)(=O)N1CCC[C@H](C(=O)Nc2cccc(F)c2)C1. The van der Waals surface area contributed by atoms with Crippen LogP contribution in [0.25, 0.3) is 12.2 Å². The van der Waals surface area contributed by atoms with Crippen LogP contribution in [0, 0.1) is 24.5 Å². The molecule has 0 spiro atoms. The minimum absolute atomic E-state index is 0.0212. The Morgan fingerprint density at radius 3 is 2.74 bits per heavy atom. The van der Waals surface area contributed by atoms with E-state index in [1.54, 1.807) is 24.3 Å². The molecule has 7 nitrogen and oxygen atoms in total. The van der Waals surface area contributed by atoms with E-state index in [1.807, 2.05) is 0 Å². The van der Waals surface area contributed by atoms with Crippen LogP contribution in [-0.4, -0.2) is 36.9 Å². The number of hydrogen-bond acceptors (Lipinski definition) is 5. The maximum Gasteiger partial charge on any atom is 0.248 e. The number of sulfonamides is 1. The third-order valence-corrected chi connectivity index (χ3v) is 7.62. The Labute approximate surface area is 196 Å². The number of hydrogen-bond donors (Lipinski definition) is 1. The number of carbonyl (C=O) groups excluding carboxylic acids is 1. The van der Waals surface area contributed by atoms with E-state index < -0.39 is 27.6 Å². The fraction of sp³-hybridized carbons (Fsp3) is 0.250. The van der Waals surface area contributed by atoms with Crippen LogP contribution in [0.3, 0.4) is 0 Å². The van der Waals surface area contributed by atoms with Gasteiger partial charge in [0.1, 0.15) is 17.3 Å². The summed E-state index contributed by atoms with van der Waals surface area (Å²) in [5, 5.41) is 6.44. The van der Waals surface area contributed by atoms with Gasteiger partial charge in [0.05, 0.1) is 5.92 Å². The van der Waals surface area contributed by atoms with Crippen molar-refractivity contribution in [2.45, 2.75) is 24.7 Å². The van der Waals surface area contributed by atoms with Crippen molar-refractivity contribution in [3.8, 4) is 0 Å². The number of nitrogens with zero attached hydrogens (tertiary/aromatic N) is 2. The lowest BCUT2D eigenvalue weighted by Gasteiger charge is -2.31. The molecule has 1 fully saturated rings. The summed E-state index contributed by atoms with van der Waals surface area (Å²) in [5.41, 5.74) is 0.743. The largest absolute Gasteiger partial charge is 0.355 e. The molecule has 178 valence electrons. The van der Waals surface area contributed by atoms with E-state index in [9.17, 15) is 22.0 Å². The molecular weight excluding hydrogens is 464 g/mol. The summed E-state index contributed by atoms with van der Waals surface area (Å²) < 4.78 is 60.8. The molecule has 3 aromatic rings. The molecule has 1 aliphatic heterocycles. The Balaban J connectivity index is 1.54. The highest BCUT2D eigenvalue weighted by Crippen LogP contribution is 2.30. The van der Waals surface area contributed by atoms with E-state index >= 15 is 0 Å². The number of aromatic nitrogens is 1. The minimum atomic E-state index is -4.05. The summed E-state index contributed by atoms with van der Waals surface area (Å²) in [6.07, 6.45) is 3.75. The lowest BCUT2D eigenvalue weighted by Crippen LogP contribution is -2.43. The van der Waals surface area contributed by atoms with Gasteiger partial charge in [-0.05, 0) is 56.2 Å². The van der Waals surface area contributed by atoms with Gasteiger partial charge in [0.2, 0.25) is 15.9 Å². The smallest absolute Gasteiger partial charge is 0.248 e. The highest BCUT2D eigenvalue weighted by Gasteiger charge is 2.37. The van der Waals surface area contributed by atoms with Gasteiger partial charge >= 0.3 is 0 Å². The van der Waals surface area contributed by atoms with Crippen LogP contribution in [-0.2, 0) is 14.8 Å². The Kier molecular flexibility index (Phi) is 6.90. The van der Waals surface area contributed by atoms with Crippen molar-refractivity contribution in [2.24, 2.45) is 5.92 Å². The highest BCUT2D eigenvalue weighted by molar-refractivity contribution is 7.89. The Hall–Kier alpha value is -3.37. The van der Waals surface area contributed by atoms with Gasteiger partial charge in [-0.1, -0.05) is 29.4 Å². The first-order valence-electron chi connectivity index (χ1n) is 10.7. The first-order chi connectivity index (χ1) is 16.3. The summed E-state index contributed by atoms with van der Waals surface area (Å²) in [6.45, 7) is 1.70. The van der Waals surface area contributed by atoms with Crippen molar-refractivity contribution in [3.05, 3.63) is 77.2 Å². The van der Waals surface area contributed by atoms with Crippen LogP contribution < -0.4 is 5.32 Å². The third kappa shape index (κ3) is 5.07. The molecule has 0 unspecified atom stereocenters. The van der Waals surface area contributed by atoms with Gasteiger partial charge in [-0.2, -0.15) is 4.31 Å². The average molecular weight is 488 g/mol. The number of halogens is 2. The summed E-state index contributed by atoms with van der Waals surface area (Å²) in [4.78, 5) is 12.6. The molecule has 10 heteroatoms. The average Bonchev–Trinajstić information content (AvgIpc) is 3.19. The second kappa shape index (κ2) is 9.86. The molecule has 0 bridgehead atoms. The van der Waals surface area contributed by atoms with E-state index in [2.05, 4.69) is 10.5 Å². The standard InChI is InChI=1S/C24H23F2N3O4S/c1-16-23(22(33-28-16)12-11-17-6-2-3-10-21(17)26)34(31,32)29-13-5-7-18(15-29)24(30)27-20-9-4-8-19(25)14-20/h2-4,6,8-12,14,18H,5,7,13,15H2,1H3,(H,27,30)/b12-11+/t18-/m0/s1. The number of piperidine rings is 1. The van der Waals surface area contributed by atoms with Gasteiger partial charge in [-0.25, -0.2) is 17.2 Å². The van der Waals surface area contributed by atoms with Crippen molar-refractivity contribution >= 4 is 33.8 Å². The minimum Gasteiger partial charge on any atom is -0.355 e. The summed E-state index contributed by atoms with van der Waals surface area (Å²) in [5.74, 6) is -1.95. The van der Waals surface area contributed by atoms with Crippen LogP contribution >= 0.6 is 0 Å². The maximum atomic E-state index is 13.9. The van der Waals surface area contributed by atoms with Crippen molar-refractivity contribution in [3.63, 3.8) is 0 Å². The van der Waals surface area contributed by atoms with Crippen LogP contribution in [0.2, 0.25) is 0 Å². The van der Waals surface area contributed by atoms with Crippen molar-refractivity contribution in [2.75, 3.05) is 18.4 Å². The quantitative estimate of drug-likeness (QED) is 0.554. The molecule has 2 aromatic carbocycles. The summed E-state index contributed by atoms with van der Waals surface area (Å²) in [6, 6.07) is 11.6.